The normalized spacial score (nSPS) is 52.9. The smallest absolute Gasteiger partial charge is 0.303 e. The van der Waals surface area contributed by atoms with Gasteiger partial charge in [-0.2, -0.15) is 0 Å². The molecule has 0 aromatic rings. The van der Waals surface area contributed by atoms with E-state index < -0.39 is 12.1 Å². The highest BCUT2D eigenvalue weighted by Gasteiger charge is 2.65. The number of carboxylic acid groups (broad SMARTS) is 1. The molecule has 0 spiro atoms. The number of aliphatic carboxylic acids is 1. The molecular formula is C24H40O5. The Morgan fingerprint density at radius 1 is 1.03 bits per heavy atom. The van der Waals surface area contributed by atoms with E-state index >= 15 is 0 Å². The van der Waals surface area contributed by atoms with Crippen molar-refractivity contribution in [2.24, 2.45) is 46.3 Å². The quantitative estimate of drug-likeness (QED) is 0.571. The Kier molecular flexibility index (Phi) is 5.57. The second kappa shape index (κ2) is 7.49. The summed E-state index contributed by atoms with van der Waals surface area (Å²) in [6.07, 6.45) is 6.00. The maximum atomic E-state index is 11.5. The predicted molar refractivity (Wildman–Crippen MR) is 110 cm³/mol. The second-order valence-corrected chi connectivity index (χ2v) is 11.4. The van der Waals surface area contributed by atoms with Crippen molar-refractivity contribution in [2.45, 2.75) is 96.9 Å². The molecule has 0 bridgehead atoms. The van der Waals surface area contributed by atoms with Crippen molar-refractivity contribution in [2.75, 3.05) is 0 Å². The summed E-state index contributed by atoms with van der Waals surface area (Å²) in [6, 6.07) is 0. The minimum Gasteiger partial charge on any atom is -0.481 e. The highest BCUT2D eigenvalue weighted by molar-refractivity contribution is 5.66. The Bertz CT molecular complexity index is 637. The molecule has 166 valence electrons. The highest BCUT2D eigenvalue weighted by atomic mass is 16.4. The first-order valence-electron chi connectivity index (χ1n) is 11.8. The van der Waals surface area contributed by atoms with Crippen molar-refractivity contribution in [1.29, 1.82) is 0 Å². The van der Waals surface area contributed by atoms with Crippen LogP contribution >= 0.6 is 0 Å². The van der Waals surface area contributed by atoms with Crippen LogP contribution in [0.5, 0.6) is 0 Å². The third-order valence-corrected chi connectivity index (χ3v) is 10.3. The van der Waals surface area contributed by atoms with Gasteiger partial charge < -0.3 is 20.4 Å². The molecule has 0 aliphatic heterocycles. The molecule has 0 saturated heterocycles. The Hall–Kier alpha value is -0.650. The van der Waals surface area contributed by atoms with Crippen molar-refractivity contribution in [3.63, 3.8) is 0 Å². The molecule has 0 amide bonds. The number of hydrogen-bond donors (Lipinski definition) is 4. The van der Waals surface area contributed by atoms with Gasteiger partial charge in [0.25, 0.3) is 0 Å². The topological polar surface area (TPSA) is 98.0 Å². The number of fused-ring (bicyclic) bond motifs is 5. The van der Waals surface area contributed by atoms with Crippen LogP contribution in [0.3, 0.4) is 0 Å². The fourth-order valence-corrected chi connectivity index (χ4v) is 8.68. The summed E-state index contributed by atoms with van der Waals surface area (Å²) >= 11 is 0. The van der Waals surface area contributed by atoms with E-state index in [1.807, 2.05) is 0 Å². The van der Waals surface area contributed by atoms with Crippen LogP contribution in [-0.2, 0) is 4.79 Å². The van der Waals surface area contributed by atoms with Crippen molar-refractivity contribution in [3.05, 3.63) is 0 Å². The van der Waals surface area contributed by atoms with Crippen LogP contribution < -0.4 is 0 Å². The third kappa shape index (κ3) is 3.27. The Balaban J connectivity index is 1.61. The summed E-state index contributed by atoms with van der Waals surface area (Å²) < 4.78 is 0. The second-order valence-electron chi connectivity index (χ2n) is 11.4. The van der Waals surface area contributed by atoms with E-state index in [0.717, 1.165) is 44.9 Å². The molecule has 4 aliphatic rings. The summed E-state index contributed by atoms with van der Waals surface area (Å²) in [7, 11) is 0. The van der Waals surface area contributed by atoms with Gasteiger partial charge in [-0.05, 0) is 97.7 Å². The maximum absolute atomic E-state index is 11.5. The summed E-state index contributed by atoms with van der Waals surface area (Å²) in [5.41, 5.74) is -0.143. The van der Waals surface area contributed by atoms with Crippen LogP contribution in [0.25, 0.3) is 0 Å². The Morgan fingerprint density at radius 2 is 1.76 bits per heavy atom. The lowest BCUT2D eigenvalue weighted by atomic mass is 9.43. The van der Waals surface area contributed by atoms with Gasteiger partial charge in [0.1, 0.15) is 0 Å². The molecule has 5 heteroatoms. The molecule has 0 unspecified atom stereocenters. The predicted octanol–water partition coefficient (Wildman–Crippen LogP) is 3.45. The monoisotopic (exact) mass is 408 g/mol. The summed E-state index contributed by atoms with van der Waals surface area (Å²) in [5.74, 6) is 0.997. The first kappa shape index (κ1) is 21.6. The molecule has 0 heterocycles. The first-order valence-corrected chi connectivity index (χ1v) is 11.8. The van der Waals surface area contributed by atoms with Crippen LogP contribution in [0.1, 0.15) is 78.6 Å². The van der Waals surface area contributed by atoms with Crippen molar-refractivity contribution in [3.8, 4) is 0 Å². The molecule has 0 aromatic carbocycles. The van der Waals surface area contributed by atoms with E-state index in [-0.39, 0.29) is 41.3 Å². The van der Waals surface area contributed by atoms with Crippen LogP contribution in [0.2, 0.25) is 0 Å². The van der Waals surface area contributed by atoms with Crippen LogP contribution in [0, 0.1) is 46.3 Å². The van der Waals surface area contributed by atoms with E-state index in [1.165, 1.54) is 0 Å². The average molecular weight is 409 g/mol. The zero-order valence-corrected chi connectivity index (χ0v) is 18.3. The number of hydrogen-bond acceptors (Lipinski definition) is 4. The third-order valence-electron chi connectivity index (χ3n) is 10.3. The summed E-state index contributed by atoms with van der Waals surface area (Å²) in [5, 5.41) is 42.0. The molecule has 11 atom stereocenters. The standard InChI is InChI=1S/C24H40O5/c1-13(4-7-21(28)29)16-5-6-17-22-18(12-20(27)24(16,17)3)23(2)9-8-15(25)10-14(23)11-19(22)26/h13-20,22,25-27H,4-12H2,1-3H3,(H,28,29)/t13-,14+,15-,16-,17+,18+,19+,20+,22+,23+,24-/m0/s1. The lowest BCUT2D eigenvalue weighted by molar-refractivity contribution is -0.207. The molecule has 0 radical (unpaired) electrons. The van der Waals surface area contributed by atoms with Crippen molar-refractivity contribution in [1.82, 2.24) is 0 Å². The van der Waals surface area contributed by atoms with Gasteiger partial charge in [0.2, 0.25) is 0 Å². The Morgan fingerprint density at radius 3 is 2.45 bits per heavy atom. The molecule has 4 rings (SSSR count). The average Bonchev–Trinajstić information content (AvgIpc) is 3.01. The van der Waals surface area contributed by atoms with E-state index in [9.17, 15) is 20.1 Å². The number of rotatable bonds is 4. The minimum absolute atomic E-state index is 0.0957. The summed E-state index contributed by atoms with van der Waals surface area (Å²) in [4.78, 5) is 11.1. The number of carboxylic acids is 1. The number of aliphatic hydroxyl groups excluding tert-OH is 3. The molecule has 0 aromatic heterocycles. The SMILES string of the molecule is C[C@@H](CCC(=O)O)[C@@H]1CC[C@@H]2[C@H]3[C@H](O)C[C@H]4C[C@@H](O)CC[C@@]4(C)[C@@H]3C[C@@H](O)[C@]21C. The highest BCUT2D eigenvalue weighted by Crippen LogP contribution is 2.68. The van der Waals surface area contributed by atoms with Gasteiger partial charge in [0.05, 0.1) is 18.3 Å². The molecule has 4 aliphatic carbocycles. The van der Waals surface area contributed by atoms with Gasteiger partial charge in [0.15, 0.2) is 0 Å². The zero-order chi connectivity index (χ0) is 21.1. The van der Waals surface area contributed by atoms with Gasteiger partial charge in [0, 0.05) is 6.42 Å². The van der Waals surface area contributed by atoms with Crippen molar-refractivity contribution < 1.29 is 25.2 Å². The number of carbonyl (C=O) groups is 1. The molecule has 29 heavy (non-hydrogen) atoms. The lowest BCUT2D eigenvalue weighted by Crippen LogP contribution is -2.62. The van der Waals surface area contributed by atoms with Crippen LogP contribution in [0.4, 0.5) is 0 Å². The van der Waals surface area contributed by atoms with Crippen LogP contribution in [0.15, 0.2) is 0 Å². The van der Waals surface area contributed by atoms with Gasteiger partial charge in [-0.3, -0.25) is 4.79 Å². The fourth-order valence-electron chi connectivity index (χ4n) is 8.68. The molecule has 5 nitrogen and oxygen atoms in total. The van der Waals surface area contributed by atoms with Crippen molar-refractivity contribution >= 4 is 5.97 Å². The first-order chi connectivity index (χ1) is 13.6. The lowest BCUT2D eigenvalue weighted by Gasteiger charge is -2.63. The molecular weight excluding hydrogens is 368 g/mol. The number of aliphatic hydroxyl groups is 3. The molecule has 4 saturated carbocycles. The van der Waals surface area contributed by atoms with E-state index in [1.54, 1.807) is 0 Å². The van der Waals surface area contributed by atoms with Gasteiger partial charge in [-0.15, -0.1) is 0 Å². The van der Waals surface area contributed by atoms with E-state index in [2.05, 4.69) is 20.8 Å². The van der Waals surface area contributed by atoms with Gasteiger partial charge in [-0.25, -0.2) is 0 Å². The zero-order valence-electron chi connectivity index (χ0n) is 18.3. The van der Waals surface area contributed by atoms with Gasteiger partial charge >= 0.3 is 5.97 Å². The molecule has 4 N–H and O–H groups in total. The molecule has 4 fully saturated rings. The van der Waals surface area contributed by atoms with Gasteiger partial charge in [-0.1, -0.05) is 20.8 Å². The minimum atomic E-state index is -0.748. The summed E-state index contributed by atoms with van der Waals surface area (Å²) in [6.45, 7) is 6.72. The maximum Gasteiger partial charge on any atom is 0.303 e. The Labute approximate surface area is 174 Å². The fraction of sp³-hybridized carbons (Fsp3) is 0.958. The van der Waals surface area contributed by atoms with E-state index in [0.29, 0.717) is 30.1 Å². The van der Waals surface area contributed by atoms with Crippen LogP contribution in [-0.4, -0.2) is 44.7 Å². The van der Waals surface area contributed by atoms with E-state index in [4.69, 9.17) is 5.11 Å². The largest absolute Gasteiger partial charge is 0.481 e.